The molecule has 7 nitrogen and oxygen atoms in total. The number of phenols is 1. The van der Waals surface area contributed by atoms with Crippen LogP contribution in [0.15, 0.2) is 91.0 Å². The molecule has 0 fully saturated rings. The number of rotatable bonds is 11. The van der Waals surface area contributed by atoms with Crippen LogP contribution in [0.5, 0.6) is 23.0 Å². The van der Waals surface area contributed by atoms with Gasteiger partial charge in [-0.2, -0.15) is 0 Å². The van der Waals surface area contributed by atoms with Gasteiger partial charge in [0.25, 0.3) is 0 Å². The zero-order valence-electron chi connectivity index (χ0n) is 21.3. The van der Waals surface area contributed by atoms with Gasteiger partial charge in [0.05, 0.1) is 6.10 Å². The summed E-state index contributed by atoms with van der Waals surface area (Å²) in [5.41, 5.74) is 3.49. The van der Waals surface area contributed by atoms with Gasteiger partial charge in [0.15, 0.2) is 0 Å². The second-order valence-corrected chi connectivity index (χ2v) is 9.04. The second kappa shape index (κ2) is 12.3. The van der Waals surface area contributed by atoms with Gasteiger partial charge in [-0.05, 0) is 84.6 Å². The standard InChI is InChI=1S/C31H31NO6/c1-20-18-23(24-10-14-27(31(35)36)29(19-24)38-26-6-4-3-5-7-26)11-15-28(20)37-17-16-32-21(2)30(34)22-8-12-25(33)13-9-22/h3-15,18-19,21,30,32-34H,16-17H2,1-2H3,(H,35,36)/t21-,30+/m1/s1. The lowest BCUT2D eigenvalue weighted by molar-refractivity contribution is 0.0694. The van der Waals surface area contributed by atoms with E-state index in [1.165, 1.54) is 0 Å². The van der Waals surface area contributed by atoms with Crippen molar-refractivity contribution in [3.63, 3.8) is 0 Å². The fourth-order valence-corrected chi connectivity index (χ4v) is 4.09. The third-order valence-corrected chi connectivity index (χ3v) is 6.23. The molecule has 0 aromatic heterocycles. The first-order valence-electron chi connectivity index (χ1n) is 12.4. The van der Waals surface area contributed by atoms with E-state index in [1.807, 2.05) is 50.2 Å². The van der Waals surface area contributed by atoms with Crippen molar-refractivity contribution in [2.24, 2.45) is 0 Å². The van der Waals surface area contributed by atoms with E-state index in [9.17, 15) is 20.1 Å². The van der Waals surface area contributed by atoms with Gasteiger partial charge in [0, 0.05) is 12.6 Å². The summed E-state index contributed by atoms with van der Waals surface area (Å²) < 4.78 is 11.8. The van der Waals surface area contributed by atoms with Crippen molar-refractivity contribution >= 4 is 5.97 Å². The van der Waals surface area contributed by atoms with Gasteiger partial charge in [0.1, 0.15) is 35.2 Å². The number of hydrogen-bond donors (Lipinski definition) is 4. The average Bonchev–Trinajstić information content (AvgIpc) is 2.92. The van der Waals surface area contributed by atoms with Crippen molar-refractivity contribution in [3.05, 3.63) is 108 Å². The molecule has 7 heteroatoms. The van der Waals surface area contributed by atoms with Gasteiger partial charge in [-0.15, -0.1) is 0 Å². The summed E-state index contributed by atoms with van der Waals surface area (Å²) in [5.74, 6) is 0.681. The highest BCUT2D eigenvalue weighted by atomic mass is 16.5. The number of aliphatic hydroxyl groups excluding tert-OH is 1. The highest BCUT2D eigenvalue weighted by Gasteiger charge is 2.16. The number of benzene rings is 4. The lowest BCUT2D eigenvalue weighted by Gasteiger charge is -2.21. The van der Waals surface area contributed by atoms with E-state index in [2.05, 4.69) is 5.32 Å². The number of aliphatic hydroxyl groups is 1. The summed E-state index contributed by atoms with van der Waals surface area (Å²) in [6.07, 6.45) is -0.708. The van der Waals surface area contributed by atoms with Crippen LogP contribution in [-0.4, -0.2) is 40.5 Å². The van der Waals surface area contributed by atoms with Crippen LogP contribution >= 0.6 is 0 Å². The number of nitrogens with one attached hydrogen (secondary N) is 1. The van der Waals surface area contributed by atoms with Gasteiger partial charge in [0.2, 0.25) is 0 Å². The molecule has 4 aromatic carbocycles. The Morgan fingerprint density at radius 3 is 2.26 bits per heavy atom. The predicted molar refractivity (Wildman–Crippen MR) is 146 cm³/mol. The van der Waals surface area contributed by atoms with Crippen molar-refractivity contribution in [3.8, 4) is 34.1 Å². The number of hydrogen-bond acceptors (Lipinski definition) is 6. The molecule has 0 unspecified atom stereocenters. The number of ether oxygens (including phenoxy) is 2. The first kappa shape index (κ1) is 26.7. The highest BCUT2D eigenvalue weighted by molar-refractivity contribution is 5.92. The Kier molecular flexibility index (Phi) is 8.63. The zero-order chi connectivity index (χ0) is 27.1. The minimum Gasteiger partial charge on any atom is -0.508 e. The molecule has 0 aliphatic heterocycles. The van der Waals surface area contributed by atoms with Crippen LogP contribution in [0.3, 0.4) is 0 Å². The largest absolute Gasteiger partial charge is 0.508 e. The first-order chi connectivity index (χ1) is 18.3. The quantitative estimate of drug-likeness (QED) is 0.184. The monoisotopic (exact) mass is 513 g/mol. The Hall–Kier alpha value is -4.33. The molecule has 0 saturated carbocycles. The molecule has 0 aliphatic rings. The zero-order valence-corrected chi connectivity index (χ0v) is 21.3. The molecule has 0 aliphatic carbocycles. The van der Waals surface area contributed by atoms with Crippen molar-refractivity contribution < 1.29 is 29.6 Å². The van der Waals surface area contributed by atoms with Crippen LogP contribution in [0.4, 0.5) is 0 Å². The SMILES string of the molecule is Cc1cc(-c2ccc(C(=O)O)c(Oc3ccccc3)c2)ccc1OCCN[C@H](C)[C@H](O)c1ccc(O)cc1. The molecule has 4 aromatic rings. The van der Waals surface area contributed by atoms with Crippen LogP contribution in [0, 0.1) is 6.92 Å². The number of aromatic hydroxyl groups is 1. The Balaban J connectivity index is 1.38. The van der Waals surface area contributed by atoms with Crippen LogP contribution in [0.2, 0.25) is 0 Å². The Bertz CT molecular complexity index is 1370. The molecular formula is C31H31NO6. The minimum atomic E-state index is -1.05. The summed E-state index contributed by atoms with van der Waals surface area (Å²) in [5, 5.41) is 32.8. The molecule has 2 atom stereocenters. The maximum absolute atomic E-state index is 11.7. The van der Waals surface area contributed by atoms with E-state index in [4.69, 9.17) is 9.47 Å². The van der Waals surface area contributed by atoms with E-state index < -0.39 is 12.1 Å². The van der Waals surface area contributed by atoms with Crippen molar-refractivity contribution in [2.45, 2.75) is 26.0 Å². The fourth-order valence-electron chi connectivity index (χ4n) is 4.09. The molecule has 0 bridgehead atoms. The smallest absolute Gasteiger partial charge is 0.339 e. The lowest BCUT2D eigenvalue weighted by Crippen LogP contribution is -2.35. The summed E-state index contributed by atoms with van der Waals surface area (Å²) >= 11 is 0. The summed E-state index contributed by atoms with van der Waals surface area (Å²) in [6.45, 7) is 4.79. The van der Waals surface area contributed by atoms with Gasteiger partial charge in [-0.1, -0.05) is 42.5 Å². The number of phenolic OH excluding ortho intramolecular Hbond substituents is 1. The van der Waals surface area contributed by atoms with Crippen molar-refractivity contribution in [1.82, 2.24) is 5.32 Å². The lowest BCUT2D eigenvalue weighted by atomic mass is 10.0. The van der Waals surface area contributed by atoms with E-state index in [-0.39, 0.29) is 23.1 Å². The number of para-hydroxylation sites is 1. The highest BCUT2D eigenvalue weighted by Crippen LogP contribution is 2.33. The van der Waals surface area contributed by atoms with Crippen LogP contribution in [-0.2, 0) is 0 Å². The molecule has 0 saturated heterocycles. The molecule has 4 N–H and O–H groups in total. The molecule has 0 radical (unpaired) electrons. The van der Waals surface area contributed by atoms with Crippen LogP contribution < -0.4 is 14.8 Å². The molecule has 196 valence electrons. The Morgan fingerprint density at radius 2 is 1.58 bits per heavy atom. The number of aryl methyl sites for hydroxylation is 1. The third kappa shape index (κ3) is 6.70. The predicted octanol–water partition coefficient (Wildman–Crippen LogP) is 5.95. The maximum Gasteiger partial charge on any atom is 0.339 e. The van der Waals surface area contributed by atoms with Gasteiger partial charge < -0.3 is 30.1 Å². The number of carboxylic acids is 1. The fraction of sp³-hybridized carbons (Fsp3) is 0.194. The number of aromatic carboxylic acids is 1. The van der Waals surface area contributed by atoms with Gasteiger partial charge in [-0.25, -0.2) is 4.79 Å². The number of carbonyl (C=O) groups is 1. The van der Waals surface area contributed by atoms with Crippen molar-refractivity contribution in [1.29, 1.82) is 0 Å². The summed E-state index contributed by atoms with van der Waals surface area (Å²) in [4.78, 5) is 11.7. The van der Waals surface area contributed by atoms with E-state index >= 15 is 0 Å². The van der Waals surface area contributed by atoms with Gasteiger partial charge in [-0.3, -0.25) is 0 Å². The molecule has 4 rings (SSSR count). The Morgan fingerprint density at radius 1 is 0.895 bits per heavy atom. The number of carboxylic acid groups (broad SMARTS) is 1. The maximum atomic E-state index is 11.7. The summed E-state index contributed by atoms with van der Waals surface area (Å²) in [7, 11) is 0. The van der Waals surface area contributed by atoms with E-state index in [1.54, 1.807) is 54.6 Å². The Labute approximate surface area is 221 Å². The van der Waals surface area contributed by atoms with Gasteiger partial charge >= 0.3 is 5.97 Å². The molecular weight excluding hydrogens is 482 g/mol. The third-order valence-electron chi connectivity index (χ3n) is 6.23. The van der Waals surface area contributed by atoms with E-state index in [0.717, 1.165) is 28.0 Å². The van der Waals surface area contributed by atoms with Crippen LogP contribution in [0.25, 0.3) is 11.1 Å². The summed E-state index contributed by atoms with van der Waals surface area (Å²) in [6, 6.07) is 26.2. The minimum absolute atomic E-state index is 0.0894. The van der Waals surface area contributed by atoms with Crippen LogP contribution in [0.1, 0.15) is 34.5 Å². The molecule has 0 spiro atoms. The molecule has 0 amide bonds. The first-order valence-corrected chi connectivity index (χ1v) is 12.4. The molecule has 0 heterocycles. The molecule has 38 heavy (non-hydrogen) atoms. The second-order valence-electron chi connectivity index (χ2n) is 9.04. The van der Waals surface area contributed by atoms with E-state index in [0.29, 0.717) is 18.9 Å². The topological polar surface area (TPSA) is 108 Å². The normalized spacial score (nSPS) is 12.5. The average molecular weight is 514 g/mol. The van der Waals surface area contributed by atoms with Crippen molar-refractivity contribution in [2.75, 3.05) is 13.2 Å².